The highest BCUT2D eigenvalue weighted by Gasteiger charge is 2.35. The maximum Gasteiger partial charge on any atom is 0.419 e. The molecule has 0 aliphatic heterocycles. The highest BCUT2D eigenvalue weighted by Crippen LogP contribution is 2.37. The highest BCUT2D eigenvalue weighted by atomic mass is 19.4. The second kappa shape index (κ2) is 12.3. The lowest BCUT2D eigenvalue weighted by molar-refractivity contribution is -0.139. The number of rotatable bonds is 12. The van der Waals surface area contributed by atoms with Gasteiger partial charge in [0.1, 0.15) is 11.4 Å². The first-order chi connectivity index (χ1) is 14.8. The topological polar surface area (TPSA) is 67.8 Å². The minimum atomic E-state index is -4.54. The summed E-state index contributed by atoms with van der Waals surface area (Å²) in [6.45, 7) is 8.75. The van der Waals surface area contributed by atoms with E-state index in [-0.39, 0.29) is 31.8 Å². The molecule has 0 aliphatic rings. The summed E-state index contributed by atoms with van der Waals surface area (Å²) in [5.74, 6) is -0.173. The fourth-order valence-corrected chi connectivity index (χ4v) is 3.12. The molecule has 0 aliphatic carbocycles. The molecule has 2 N–H and O–H groups in total. The summed E-state index contributed by atoms with van der Waals surface area (Å²) in [6.07, 6.45) is 0.135. The molecule has 0 radical (unpaired) electrons. The van der Waals surface area contributed by atoms with Crippen LogP contribution in [-0.4, -0.2) is 35.6 Å². The summed E-state index contributed by atoms with van der Waals surface area (Å²) in [7, 11) is 0. The third-order valence-electron chi connectivity index (χ3n) is 4.97. The maximum absolute atomic E-state index is 13.6. The number of ether oxygens (including phenoxy) is 2. The highest BCUT2D eigenvalue weighted by molar-refractivity contribution is 5.68. The van der Waals surface area contributed by atoms with Gasteiger partial charge < -0.3 is 19.9 Å². The first-order valence-corrected chi connectivity index (χ1v) is 11.2. The van der Waals surface area contributed by atoms with Gasteiger partial charge in [0.05, 0.1) is 24.3 Å². The fraction of sp³-hybridized carbons (Fsp3) is 0.708. The Bertz CT molecular complexity index is 716. The molecule has 0 spiro atoms. The Kier molecular flexibility index (Phi) is 10.8. The zero-order valence-corrected chi connectivity index (χ0v) is 19.9. The van der Waals surface area contributed by atoms with Crippen molar-refractivity contribution in [2.75, 3.05) is 13.2 Å². The molecular weight excluding hydrogens is 423 g/mol. The Labute approximate surface area is 189 Å². The average molecular weight is 462 g/mol. The van der Waals surface area contributed by atoms with Crippen LogP contribution in [0.2, 0.25) is 0 Å². The standard InChI is InChI=1S/C24H38F3NO4/c1-6-7-8-9-10-15-31-20-12-11-18(16-19(20)24(25,26)27)13-14-23(5,17-29)28-21(30)32-22(2,3)4/h11-12,16,29H,6-10,13-15,17H2,1-5H3,(H,28,30)/t23-/m1/s1. The zero-order chi connectivity index (χ0) is 24.4. The molecule has 1 amide bonds. The number of alkyl halides is 3. The van der Waals surface area contributed by atoms with Gasteiger partial charge in [-0.2, -0.15) is 13.2 Å². The van der Waals surface area contributed by atoms with Gasteiger partial charge in [0.15, 0.2) is 0 Å². The van der Waals surface area contributed by atoms with Gasteiger partial charge in [-0.15, -0.1) is 0 Å². The van der Waals surface area contributed by atoms with Crippen LogP contribution in [0.4, 0.5) is 18.0 Å². The van der Waals surface area contributed by atoms with Crippen molar-refractivity contribution in [3.8, 4) is 5.75 Å². The Morgan fingerprint density at radius 1 is 1.06 bits per heavy atom. The molecule has 1 atom stereocenters. The van der Waals surface area contributed by atoms with Crippen molar-refractivity contribution in [2.45, 2.75) is 96.9 Å². The van der Waals surface area contributed by atoms with E-state index in [2.05, 4.69) is 12.2 Å². The van der Waals surface area contributed by atoms with Crippen LogP contribution in [0, 0.1) is 0 Å². The summed E-state index contributed by atoms with van der Waals surface area (Å²) in [4.78, 5) is 12.0. The number of aliphatic hydroxyl groups excluding tert-OH is 1. The summed E-state index contributed by atoms with van der Waals surface area (Å²) in [6, 6.07) is 4.02. The van der Waals surface area contributed by atoms with Crippen molar-refractivity contribution in [2.24, 2.45) is 0 Å². The van der Waals surface area contributed by atoms with Gasteiger partial charge in [-0.05, 0) is 64.7 Å². The van der Waals surface area contributed by atoms with E-state index in [1.807, 2.05) is 0 Å². The van der Waals surface area contributed by atoms with E-state index in [1.165, 1.54) is 6.07 Å². The van der Waals surface area contributed by atoms with Crippen LogP contribution in [0.1, 0.15) is 84.3 Å². The van der Waals surface area contributed by atoms with Gasteiger partial charge in [-0.3, -0.25) is 0 Å². The van der Waals surface area contributed by atoms with E-state index in [1.54, 1.807) is 33.8 Å². The Hall–Kier alpha value is -1.96. The van der Waals surface area contributed by atoms with Gasteiger partial charge in [0, 0.05) is 0 Å². The summed E-state index contributed by atoms with van der Waals surface area (Å²) < 4.78 is 51.4. The number of hydrogen-bond donors (Lipinski definition) is 2. The molecular formula is C24H38F3NO4. The van der Waals surface area contributed by atoms with Crippen LogP contribution in [0.5, 0.6) is 5.75 Å². The molecule has 0 saturated heterocycles. The second-order valence-electron chi connectivity index (χ2n) is 9.44. The van der Waals surface area contributed by atoms with E-state index in [4.69, 9.17) is 9.47 Å². The van der Waals surface area contributed by atoms with Crippen LogP contribution in [0.15, 0.2) is 18.2 Å². The minimum absolute atomic E-state index is 0.173. The number of aliphatic hydroxyl groups is 1. The lowest BCUT2D eigenvalue weighted by Gasteiger charge is -2.30. The summed E-state index contributed by atoms with van der Waals surface area (Å²) in [5.41, 5.74) is -2.10. The van der Waals surface area contributed by atoms with Gasteiger partial charge in [0.2, 0.25) is 0 Å². The number of benzene rings is 1. The van der Waals surface area contributed by atoms with Gasteiger partial charge in [-0.25, -0.2) is 4.79 Å². The van der Waals surface area contributed by atoms with Crippen molar-refractivity contribution < 1.29 is 32.5 Å². The number of carbonyl (C=O) groups is 1. The lowest BCUT2D eigenvalue weighted by Crippen LogP contribution is -2.50. The van der Waals surface area contributed by atoms with Gasteiger partial charge in [0.25, 0.3) is 0 Å². The predicted octanol–water partition coefficient (Wildman–Crippen LogP) is 6.26. The number of alkyl carbamates (subject to hydrolysis) is 1. The van der Waals surface area contributed by atoms with Crippen molar-refractivity contribution in [3.63, 3.8) is 0 Å². The quantitative estimate of drug-likeness (QED) is 0.360. The first kappa shape index (κ1) is 28.1. The molecule has 0 heterocycles. The van der Waals surface area contributed by atoms with Crippen LogP contribution in [0.25, 0.3) is 0 Å². The van der Waals surface area contributed by atoms with Crippen molar-refractivity contribution in [3.05, 3.63) is 29.3 Å². The Balaban J connectivity index is 2.80. The number of carbonyl (C=O) groups excluding carboxylic acids is 1. The molecule has 0 unspecified atom stereocenters. The molecule has 32 heavy (non-hydrogen) atoms. The van der Waals surface area contributed by atoms with Crippen molar-refractivity contribution >= 4 is 6.09 Å². The molecule has 1 aromatic rings. The van der Waals surface area contributed by atoms with Gasteiger partial charge in [-0.1, -0.05) is 38.7 Å². The molecule has 184 valence electrons. The normalized spacial score (nSPS) is 14.0. The molecule has 1 rings (SSSR count). The number of nitrogens with one attached hydrogen (secondary N) is 1. The predicted molar refractivity (Wildman–Crippen MR) is 119 cm³/mol. The van der Waals surface area contributed by atoms with Crippen LogP contribution in [0.3, 0.4) is 0 Å². The molecule has 0 bridgehead atoms. The third-order valence-corrected chi connectivity index (χ3v) is 4.97. The van der Waals surface area contributed by atoms with Crippen LogP contribution >= 0.6 is 0 Å². The molecule has 1 aromatic carbocycles. The SMILES string of the molecule is CCCCCCCOc1ccc(CC[C@](C)(CO)NC(=O)OC(C)(C)C)cc1C(F)(F)F. The van der Waals surface area contributed by atoms with E-state index >= 15 is 0 Å². The molecule has 5 nitrogen and oxygen atoms in total. The molecule has 8 heteroatoms. The summed E-state index contributed by atoms with van der Waals surface area (Å²) >= 11 is 0. The first-order valence-electron chi connectivity index (χ1n) is 11.2. The van der Waals surface area contributed by atoms with E-state index in [0.29, 0.717) is 12.0 Å². The van der Waals surface area contributed by atoms with Crippen molar-refractivity contribution in [1.29, 1.82) is 0 Å². The minimum Gasteiger partial charge on any atom is -0.493 e. The largest absolute Gasteiger partial charge is 0.493 e. The smallest absolute Gasteiger partial charge is 0.419 e. The molecule has 0 fully saturated rings. The van der Waals surface area contributed by atoms with Crippen molar-refractivity contribution in [1.82, 2.24) is 5.32 Å². The van der Waals surface area contributed by atoms with E-state index < -0.39 is 29.0 Å². The number of halogens is 3. The van der Waals surface area contributed by atoms with E-state index in [9.17, 15) is 23.1 Å². The van der Waals surface area contributed by atoms with Crippen LogP contribution in [-0.2, 0) is 17.3 Å². The molecule has 0 aromatic heterocycles. The lowest BCUT2D eigenvalue weighted by atomic mass is 9.93. The average Bonchev–Trinajstić information content (AvgIpc) is 2.67. The van der Waals surface area contributed by atoms with Crippen LogP contribution < -0.4 is 10.1 Å². The Morgan fingerprint density at radius 3 is 2.28 bits per heavy atom. The zero-order valence-electron chi connectivity index (χ0n) is 19.9. The Morgan fingerprint density at radius 2 is 1.72 bits per heavy atom. The van der Waals surface area contributed by atoms with E-state index in [0.717, 1.165) is 31.7 Å². The number of unbranched alkanes of at least 4 members (excludes halogenated alkanes) is 4. The monoisotopic (exact) mass is 461 g/mol. The maximum atomic E-state index is 13.6. The third kappa shape index (κ3) is 10.6. The van der Waals surface area contributed by atoms with Gasteiger partial charge >= 0.3 is 12.3 Å². The molecule has 0 saturated carbocycles. The number of hydrogen-bond acceptors (Lipinski definition) is 4. The second-order valence-corrected chi connectivity index (χ2v) is 9.44. The summed E-state index contributed by atoms with van der Waals surface area (Å²) in [5, 5.41) is 12.4. The number of aryl methyl sites for hydroxylation is 1. The number of amides is 1. The fourth-order valence-electron chi connectivity index (χ4n) is 3.12.